The van der Waals surface area contributed by atoms with Crippen LogP contribution < -0.4 is 10.2 Å². The van der Waals surface area contributed by atoms with Gasteiger partial charge in [-0.1, -0.05) is 39.2 Å². The van der Waals surface area contributed by atoms with Gasteiger partial charge >= 0.3 is 0 Å². The SMILES string of the molecule is C[C@@H](OCC1CCCCC1)[C@H](NC(=O)[C@@H]1CN(c2cccc3ncsc23)CC12CN(C(=O)[C@H]1CC1(C)C)C2)C(=O)N1CCCCC1. The average molecular weight is 650 g/mol. The summed E-state index contributed by atoms with van der Waals surface area (Å²) in [6.07, 6.45) is 9.74. The second-order valence-corrected chi connectivity index (χ2v) is 16.5. The van der Waals surface area contributed by atoms with Crippen molar-refractivity contribution in [3.05, 3.63) is 23.7 Å². The van der Waals surface area contributed by atoms with E-state index in [1.54, 1.807) is 11.3 Å². The third kappa shape index (κ3) is 6.16. The number of carbonyl (C=O) groups excluding carboxylic acids is 3. The minimum atomic E-state index is -0.727. The van der Waals surface area contributed by atoms with Crippen molar-refractivity contribution >= 4 is 45.0 Å². The highest BCUT2D eigenvalue weighted by Crippen LogP contribution is 2.55. The van der Waals surface area contributed by atoms with Crippen molar-refractivity contribution in [2.24, 2.45) is 28.6 Å². The third-order valence-electron chi connectivity index (χ3n) is 11.8. The van der Waals surface area contributed by atoms with Crippen molar-refractivity contribution in [2.75, 3.05) is 50.8 Å². The Morgan fingerprint density at radius 3 is 2.43 bits per heavy atom. The maximum atomic E-state index is 14.5. The molecule has 2 aromatic rings. The summed E-state index contributed by atoms with van der Waals surface area (Å²) in [6.45, 7) is 10.8. The first-order valence-corrected chi connectivity index (χ1v) is 18.6. The van der Waals surface area contributed by atoms with Crippen LogP contribution in [-0.2, 0) is 19.1 Å². The Kier molecular flexibility index (Phi) is 8.80. The first-order chi connectivity index (χ1) is 22.1. The molecule has 9 nitrogen and oxygen atoms in total. The van der Waals surface area contributed by atoms with Crippen LogP contribution in [0.4, 0.5) is 5.69 Å². The number of likely N-dealkylation sites (tertiary alicyclic amines) is 2. The van der Waals surface area contributed by atoms with Crippen molar-refractivity contribution < 1.29 is 19.1 Å². The van der Waals surface area contributed by atoms with Crippen LogP contribution in [0.1, 0.15) is 78.6 Å². The molecule has 3 amide bonds. The maximum absolute atomic E-state index is 14.5. The largest absolute Gasteiger partial charge is 0.376 e. The van der Waals surface area contributed by atoms with Gasteiger partial charge in [0.15, 0.2) is 0 Å². The zero-order valence-electron chi connectivity index (χ0n) is 27.8. The van der Waals surface area contributed by atoms with Gasteiger partial charge in [0, 0.05) is 57.2 Å². The second kappa shape index (κ2) is 12.7. The first-order valence-electron chi connectivity index (χ1n) is 17.7. The van der Waals surface area contributed by atoms with E-state index in [4.69, 9.17) is 4.74 Å². The van der Waals surface area contributed by atoms with E-state index in [-0.39, 0.29) is 40.4 Å². The van der Waals surface area contributed by atoms with E-state index in [0.29, 0.717) is 38.7 Å². The average Bonchev–Trinajstić information content (AvgIpc) is 3.38. The molecule has 5 fully saturated rings. The monoisotopic (exact) mass is 649 g/mol. The number of rotatable bonds is 9. The molecule has 1 aromatic heterocycles. The molecule has 7 rings (SSSR count). The molecule has 0 bridgehead atoms. The van der Waals surface area contributed by atoms with Gasteiger partial charge in [-0.05, 0) is 68.9 Å². The minimum absolute atomic E-state index is 0.0242. The lowest BCUT2D eigenvalue weighted by Crippen LogP contribution is -2.65. The summed E-state index contributed by atoms with van der Waals surface area (Å²) in [5.74, 6) is 0.350. The molecule has 2 aliphatic carbocycles. The number of aromatic nitrogens is 1. The zero-order valence-corrected chi connectivity index (χ0v) is 28.7. The van der Waals surface area contributed by atoms with E-state index in [0.717, 1.165) is 54.7 Å². The molecule has 4 atom stereocenters. The summed E-state index contributed by atoms with van der Waals surface area (Å²) in [5.41, 5.74) is 3.62. The number of hydrogen-bond donors (Lipinski definition) is 1. The number of nitrogens with zero attached hydrogens (tertiary/aromatic N) is 4. The van der Waals surface area contributed by atoms with Crippen LogP contribution in [0.15, 0.2) is 23.7 Å². The van der Waals surface area contributed by atoms with Crippen LogP contribution in [0.25, 0.3) is 10.2 Å². The fourth-order valence-corrected chi connectivity index (χ4v) is 9.45. The molecule has 4 heterocycles. The van der Waals surface area contributed by atoms with Gasteiger partial charge in [-0.25, -0.2) is 4.98 Å². The number of carbonyl (C=O) groups is 3. The molecular weight excluding hydrogens is 598 g/mol. The van der Waals surface area contributed by atoms with Gasteiger partial charge in [0.2, 0.25) is 17.7 Å². The van der Waals surface area contributed by atoms with E-state index in [1.165, 1.54) is 32.1 Å². The summed E-state index contributed by atoms with van der Waals surface area (Å²) < 4.78 is 7.53. The quantitative estimate of drug-likeness (QED) is 0.407. The molecule has 10 heteroatoms. The van der Waals surface area contributed by atoms with Crippen molar-refractivity contribution in [1.82, 2.24) is 20.1 Å². The van der Waals surface area contributed by atoms with Crippen LogP contribution in [0.3, 0.4) is 0 Å². The van der Waals surface area contributed by atoms with Crippen LogP contribution in [0, 0.1) is 28.6 Å². The molecule has 46 heavy (non-hydrogen) atoms. The third-order valence-corrected chi connectivity index (χ3v) is 12.7. The van der Waals surface area contributed by atoms with E-state index in [1.807, 2.05) is 34.4 Å². The van der Waals surface area contributed by atoms with Crippen molar-refractivity contribution in [1.29, 1.82) is 0 Å². The highest BCUT2D eigenvalue weighted by Gasteiger charge is 2.61. The molecule has 0 unspecified atom stereocenters. The Morgan fingerprint density at radius 1 is 1.00 bits per heavy atom. The fraction of sp³-hybridized carbons (Fsp3) is 0.722. The summed E-state index contributed by atoms with van der Waals surface area (Å²) in [5, 5.41) is 3.27. The summed E-state index contributed by atoms with van der Waals surface area (Å²) in [7, 11) is 0. The van der Waals surface area contributed by atoms with E-state index in [2.05, 4.69) is 35.1 Å². The minimum Gasteiger partial charge on any atom is -0.376 e. The van der Waals surface area contributed by atoms with Crippen LogP contribution in [0.5, 0.6) is 0 Å². The van der Waals surface area contributed by atoms with Crippen molar-refractivity contribution in [2.45, 2.75) is 90.7 Å². The zero-order chi connectivity index (χ0) is 32.1. The standard InChI is InChI=1S/C36H51N5O4S/c1-24(45-19-25-11-6-4-7-12-25)30(34(44)39-15-8-5-9-16-39)38-32(42)27-18-40(29-14-10-13-28-31(29)46-23-37-28)20-36(27)21-41(22-36)33(43)26-17-35(26,2)3/h10,13-14,23-27,30H,4-9,11-12,15-22H2,1-3H3,(H,38,42)/t24-,26-,27+,30+/m1/s1. The number of thiazole rings is 1. The molecule has 3 aliphatic heterocycles. The maximum Gasteiger partial charge on any atom is 0.247 e. The summed E-state index contributed by atoms with van der Waals surface area (Å²) >= 11 is 1.62. The lowest BCUT2D eigenvalue weighted by Gasteiger charge is -2.51. The van der Waals surface area contributed by atoms with Crippen LogP contribution in [-0.4, -0.2) is 90.5 Å². The van der Waals surface area contributed by atoms with Crippen LogP contribution >= 0.6 is 11.3 Å². The Balaban J connectivity index is 1.12. The Morgan fingerprint density at radius 2 is 1.72 bits per heavy atom. The van der Waals surface area contributed by atoms with Gasteiger partial charge in [-0.2, -0.15) is 0 Å². The lowest BCUT2D eigenvalue weighted by atomic mass is 9.70. The number of hydrogen-bond acceptors (Lipinski definition) is 7. The van der Waals surface area contributed by atoms with E-state index in [9.17, 15) is 14.4 Å². The van der Waals surface area contributed by atoms with Gasteiger partial charge in [0.25, 0.3) is 0 Å². The Labute approximate surface area is 277 Å². The van der Waals surface area contributed by atoms with Gasteiger partial charge in [0.05, 0.1) is 33.4 Å². The van der Waals surface area contributed by atoms with Gasteiger partial charge in [-0.3, -0.25) is 14.4 Å². The number of benzene rings is 1. The number of fused-ring (bicyclic) bond motifs is 1. The number of ether oxygens (including phenoxy) is 1. The summed E-state index contributed by atoms with van der Waals surface area (Å²) in [6, 6.07) is 5.45. The topological polar surface area (TPSA) is 95.1 Å². The second-order valence-electron chi connectivity index (χ2n) is 15.6. The molecule has 1 N–H and O–H groups in total. The van der Waals surface area contributed by atoms with Crippen molar-refractivity contribution in [3.63, 3.8) is 0 Å². The molecule has 5 aliphatic rings. The number of piperidine rings is 1. The van der Waals surface area contributed by atoms with E-state index >= 15 is 0 Å². The van der Waals surface area contributed by atoms with Gasteiger partial charge in [-0.15, -0.1) is 11.3 Å². The normalized spacial score (nSPS) is 27.0. The highest BCUT2D eigenvalue weighted by atomic mass is 32.1. The molecule has 250 valence electrons. The number of nitrogens with one attached hydrogen (secondary N) is 1. The molecule has 1 aromatic carbocycles. The lowest BCUT2D eigenvalue weighted by molar-refractivity contribution is -0.153. The molecule has 2 saturated carbocycles. The first kappa shape index (κ1) is 31.9. The number of amides is 3. The predicted molar refractivity (Wildman–Crippen MR) is 181 cm³/mol. The molecular formula is C36H51N5O4S. The smallest absolute Gasteiger partial charge is 0.247 e. The van der Waals surface area contributed by atoms with E-state index < -0.39 is 12.1 Å². The predicted octanol–water partition coefficient (Wildman–Crippen LogP) is 5.09. The highest BCUT2D eigenvalue weighted by molar-refractivity contribution is 7.17. The van der Waals surface area contributed by atoms with Crippen molar-refractivity contribution in [3.8, 4) is 0 Å². The fourth-order valence-electron chi connectivity index (χ4n) is 8.62. The molecule has 3 saturated heterocycles. The number of anilines is 1. The Bertz CT molecular complexity index is 1440. The van der Waals surface area contributed by atoms with Gasteiger partial charge in [0.1, 0.15) is 6.04 Å². The summed E-state index contributed by atoms with van der Waals surface area (Å²) in [4.78, 5) is 52.7. The van der Waals surface area contributed by atoms with Gasteiger partial charge < -0.3 is 24.8 Å². The molecule has 0 radical (unpaired) electrons. The molecule has 1 spiro atoms. The Hall–Kier alpha value is -2.72. The van der Waals surface area contributed by atoms with Crippen LogP contribution in [0.2, 0.25) is 0 Å².